The van der Waals surface area contributed by atoms with Gasteiger partial charge in [0, 0.05) is 16.6 Å². The number of nitrogens with one attached hydrogen (secondary N) is 2. The number of aliphatic imine (C=N–C) groups is 1. The second-order valence-electron chi connectivity index (χ2n) is 4.45. The van der Waals surface area contributed by atoms with Gasteiger partial charge in [-0.1, -0.05) is 17.7 Å². The molecule has 6 heteroatoms. The van der Waals surface area contributed by atoms with Gasteiger partial charge >= 0.3 is 0 Å². The van der Waals surface area contributed by atoms with E-state index in [2.05, 4.69) is 15.6 Å². The van der Waals surface area contributed by atoms with Crippen molar-refractivity contribution in [2.75, 3.05) is 0 Å². The fourth-order valence-corrected chi connectivity index (χ4v) is 1.99. The van der Waals surface area contributed by atoms with Gasteiger partial charge in [0.05, 0.1) is 0 Å². The molecule has 94 valence electrons. The van der Waals surface area contributed by atoms with Crippen LogP contribution in [0.2, 0.25) is 5.02 Å². The van der Waals surface area contributed by atoms with Crippen LogP contribution in [0.3, 0.4) is 0 Å². The van der Waals surface area contributed by atoms with Gasteiger partial charge in [-0.25, -0.2) is 9.38 Å². The maximum atomic E-state index is 13.7. The standard InChI is InChI=1S/C12H11ClFN3O/c13-6-1-4-8(9(14)5-6)10-11(18)17-12(16-10)15-7-2-3-7/h1,4-5,7,10H,2-3H2,(H2,15,16,17,18). The number of halogens is 2. The SMILES string of the molecule is O=C1NC(NC2CC2)=NC1c1ccc(Cl)cc1F. The first kappa shape index (κ1) is 11.5. The third-order valence-electron chi connectivity index (χ3n) is 2.92. The van der Waals surface area contributed by atoms with E-state index in [0.717, 1.165) is 12.8 Å². The summed E-state index contributed by atoms with van der Waals surface area (Å²) in [5.74, 6) is -0.403. The van der Waals surface area contributed by atoms with Crippen LogP contribution in [0.1, 0.15) is 24.4 Å². The van der Waals surface area contributed by atoms with Crippen molar-refractivity contribution in [1.82, 2.24) is 10.6 Å². The van der Waals surface area contributed by atoms with Crippen LogP contribution >= 0.6 is 11.6 Å². The van der Waals surface area contributed by atoms with Gasteiger partial charge in [0.25, 0.3) is 5.91 Å². The number of hydrogen-bond donors (Lipinski definition) is 2. The molecule has 1 amide bonds. The van der Waals surface area contributed by atoms with Crippen molar-refractivity contribution in [2.24, 2.45) is 4.99 Å². The summed E-state index contributed by atoms with van der Waals surface area (Å²) in [5.41, 5.74) is 0.240. The van der Waals surface area contributed by atoms with Crippen molar-refractivity contribution < 1.29 is 9.18 Å². The lowest BCUT2D eigenvalue weighted by atomic mass is 10.1. The minimum absolute atomic E-state index is 0.240. The smallest absolute Gasteiger partial charge is 0.256 e. The highest BCUT2D eigenvalue weighted by atomic mass is 35.5. The normalized spacial score (nSPS) is 22.7. The Morgan fingerprint density at radius 2 is 2.22 bits per heavy atom. The van der Waals surface area contributed by atoms with Gasteiger partial charge in [-0.2, -0.15) is 0 Å². The van der Waals surface area contributed by atoms with Gasteiger partial charge in [0.15, 0.2) is 12.0 Å². The van der Waals surface area contributed by atoms with Gasteiger partial charge in [0.2, 0.25) is 0 Å². The number of hydrogen-bond acceptors (Lipinski definition) is 3. The molecule has 18 heavy (non-hydrogen) atoms. The molecule has 2 aliphatic rings. The number of carbonyl (C=O) groups is 1. The van der Waals surface area contributed by atoms with E-state index in [0.29, 0.717) is 17.0 Å². The zero-order chi connectivity index (χ0) is 12.7. The highest BCUT2D eigenvalue weighted by Crippen LogP contribution is 2.27. The molecule has 0 spiro atoms. The molecule has 0 aromatic heterocycles. The molecule has 1 aromatic carbocycles. The molecular formula is C12H11ClFN3O. The Morgan fingerprint density at radius 1 is 1.44 bits per heavy atom. The van der Waals surface area contributed by atoms with E-state index in [1.54, 1.807) is 6.07 Å². The number of amides is 1. The number of carbonyl (C=O) groups excluding carboxylic acids is 1. The number of nitrogens with zero attached hydrogens (tertiary/aromatic N) is 1. The summed E-state index contributed by atoms with van der Waals surface area (Å²) in [6.07, 6.45) is 2.16. The maximum Gasteiger partial charge on any atom is 0.256 e. The van der Waals surface area contributed by atoms with Crippen LogP contribution in [-0.4, -0.2) is 17.9 Å². The van der Waals surface area contributed by atoms with Crippen molar-refractivity contribution in [3.63, 3.8) is 0 Å². The Morgan fingerprint density at radius 3 is 2.89 bits per heavy atom. The van der Waals surface area contributed by atoms with E-state index in [4.69, 9.17) is 11.6 Å². The van der Waals surface area contributed by atoms with Crippen molar-refractivity contribution in [3.05, 3.63) is 34.6 Å². The Hall–Kier alpha value is -1.62. The van der Waals surface area contributed by atoms with Crippen molar-refractivity contribution >= 4 is 23.5 Å². The van der Waals surface area contributed by atoms with Crippen LogP contribution in [0.5, 0.6) is 0 Å². The molecule has 1 aliphatic carbocycles. The monoisotopic (exact) mass is 267 g/mol. The molecule has 0 saturated heterocycles. The van der Waals surface area contributed by atoms with E-state index in [1.807, 2.05) is 0 Å². The highest BCUT2D eigenvalue weighted by molar-refractivity contribution is 6.30. The molecule has 3 rings (SSSR count). The average molecular weight is 268 g/mol. The first-order valence-electron chi connectivity index (χ1n) is 5.73. The highest BCUT2D eigenvalue weighted by Gasteiger charge is 2.32. The first-order valence-corrected chi connectivity index (χ1v) is 6.11. The Balaban J connectivity index is 1.86. The average Bonchev–Trinajstić information content (AvgIpc) is 3.03. The predicted molar refractivity (Wildman–Crippen MR) is 65.9 cm³/mol. The minimum Gasteiger partial charge on any atom is -0.353 e. The molecule has 4 nitrogen and oxygen atoms in total. The fourth-order valence-electron chi connectivity index (χ4n) is 1.83. The van der Waals surface area contributed by atoms with Crippen LogP contribution in [-0.2, 0) is 4.79 Å². The van der Waals surface area contributed by atoms with Crippen molar-refractivity contribution in [3.8, 4) is 0 Å². The minimum atomic E-state index is -0.830. The maximum absolute atomic E-state index is 13.7. The van der Waals surface area contributed by atoms with E-state index < -0.39 is 11.9 Å². The molecule has 1 saturated carbocycles. The lowest BCUT2D eigenvalue weighted by molar-refractivity contribution is -0.120. The van der Waals surface area contributed by atoms with Gasteiger partial charge < -0.3 is 5.32 Å². The lowest BCUT2D eigenvalue weighted by Gasteiger charge is -2.06. The third-order valence-corrected chi connectivity index (χ3v) is 3.16. The van der Waals surface area contributed by atoms with Crippen LogP contribution in [0.15, 0.2) is 23.2 Å². The summed E-state index contributed by atoms with van der Waals surface area (Å²) in [5, 5.41) is 6.00. The first-order chi connectivity index (χ1) is 8.63. The number of rotatable bonds is 2. The quantitative estimate of drug-likeness (QED) is 0.858. The molecule has 1 aromatic rings. The molecule has 0 radical (unpaired) electrons. The van der Waals surface area contributed by atoms with Gasteiger partial charge in [-0.3, -0.25) is 10.1 Å². The van der Waals surface area contributed by atoms with Crippen LogP contribution in [0.4, 0.5) is 4.39 Å². The van der Waals surface area contributed by atoms with Crippen molar-refractivity contribution in [2.45, 2.75) is 24.9 Å². The molecule has 1 atom stereocenters. The molecule has 2 N–H and O–H groups in total. The molecule has 1 unspecified atom stereocenters. The van der Waals surface area contributed by atoms with E-state index in [9.17, 15) is 9.18 Å². The Labute approximate surface area is 108 Å². The summed E-state index contributed by atoms with van der Waals surface area (Å²) in [6.45, 7) is 0. The Kier molecular flexibility index (Phi) is 2.70. The predicted octanol–water partition coefficient (Wildman–Crippen LogP) is 1.76. The zero-order valence-corrected chi connectivity index (χ0v) is 10.2. The van der Waals surface area contributed by atoms with E-state index >= 15 is 0 Å². The topological polar surface area (TPSA) is 53.5 Å². The lowest BCUT2D eigenvalue weighted by Crippen LogP contribution is -2.37. The van der Waals surface area contributed by atoms with Gasteiger partial charge in [-0.05, 0) is 25.0 Å². The Bertz CT molecular complexity index is 542. The molecule has 1 fully saturated rings. The number of benzene rings is 1. The van der Waals surface area contributed by atoms with Crippen LogP contribution in [0, 0.1) is 5.82 Å². The summed E-state index contributed by atoms with van der Waals surface area (Å²) >= 11 is 5.68. The second kappa shape index (κ2) is 4.24. The largest absolute Gasteiger partial charge is 0.353 e. The molecular weight excluding hydrogens is 257 g/mol. The van der Waals surface area contributed by atoms with E-state index in [1.165, 1.54) is 12.1 Å². The molecule has 1 aliphatic heterocycles. The summed E-state index contributed by atoms with van der Waals surface area (Å²) < 4.78 is 13.7. The summed E-state index contributed by atoms with van der Waals surface area (Å²) in [7, 11) is 0. The van der Waals surface area contributed by atoms with Crippen LogP contribution in [0.25, 0.3) is 0 Å². The fraction of sp³-hybridized carbons (Fsp3) is 0.333. The number of guanidine groups is 1. The summed E-state index contributed by atoms with van der Waals surface area (Å²) in [6, 6.07) is 3.79. The third kappa shape index (κ3) is 2.18. The zero-order valence-electron chi connectivity index (χ0n) is 9.41. The molecule has 1 heterocycles. The van der Waals surface area contributed by atoms with Gasteiger partial charge in [0.1, 0.15) is 5.82 Å². The molecule has 0 bridgehead atoms. The van der Waals surface area contributed by atoms with Gasteiger partial charge in [-0.15, -0.1) is 0 Å². The van der Waals surface area contributed by atoms with Crippen LogP contribution < -0.4 is 10.6 Å². The van der Waals surface area contributed by atoms with Crippen molar-refractivity contribution in [1.29, 1.82) is 0 Å². The summed E-state index contributed by atoms with van der Waals surface area (Å²) in [4.78, 5) is 15.9. The van der Waals surface area contributed by atoms with E-state index in [-0.39, 0.29) is 11.5 Å². The second-order valence-corrected chi connectivity index (χ2v) is 4.89.